The zero-order valence-corrected chi connectivity index (χ0v) is 19.0. The number of rotatable bonds is 11. The minimum Gasteiger partial charge on any atom is -0.476 e. The molecule has 0 aliphatic rings. The largest absolute Gasteiger partial charge is 0.476 e. The number of hydrogen-bond acceptors (Lipinski definition) is 6. The number of pyridine rings is 1. The second-order valence-corrected chi connectivity index (χ2v) is 7.57. The highest BCUT2D eigenvalue weighted by Gasteiger charge is 2.36. The van der Waals surface area contributed by atoms with Crippen LogP contribution in [0.4, 0.5) is 0 Å². The number of benzene rings is 1. The number of carboxylic acids is 1. The van der Waals surface area contributed by atoms with Gasteiger partial charge in [-0.15, -0.1) is 5.10 Å². The summed E-state index contributed by atoms with van der Waals surface area (Å²) in [6.45, 7) is 4.71. The van der Waals surface area contributed by atoms with Crippen LogP contribution in [0.1, 0.15) is 60.8 Å². The van der Waals surface area contributed by atoms with Crippen molar-refractivity contribution in [3.05, 3.63) is 65.5 Å². The molecule has 0 aliphatic carbocycles. The Morgan fingerprint density at radius 2 is 1.81 bits per heavy atom. The topological polar surface area (TPSA) is 99.4 Å². The van der Waals surface area contributed by atoms with Gasteiger partial charge in [0.25, 0.3) is 0 Å². The Bertz CT molecular complexity index is 1040. The molecule has 0 saturated heterocycles. The van der Waals surface area contributed by atoms with Gasteiger partial charge < -0.3 is 14.6 Å². The Labute approximate surface area is 188 Å². The summed E-state index contributed by atoms with van der Waals surface area (Å²) in [6.07, 6.45) is 4.74. The van der Waals surface area contributed by atoms with E-state index in [0.717, 1.165) is 36.2 Å². The predicted octanol–water partition coefficient (Wildman–Crippen LogP) is 4.28. The maximum Gasteiger partial charge on any atom is 0.355 e. The molecule has 2 heterocycles. The van der Waals surface area contributed by atoms with Gasteiger partial charge in [-0.3, -0.25) is 0 Å². The van der Waals surface area contributed by atoms with Gasteiger partial charge in [0.2, 0.25) is 11.6 Å². The average Bonchev–Trinajstić information content (AvgIpc) is 3.21. The molecular formula is C24H30N4O4. The minimum absolute atomic E-state index is 0.0396. The zero-order chi connectivity index (χ0) is 23.1. The third kappa shape index (κ3) is 4.87. The first-order valence-electron chi connectivity index (χ1n) is 10.8. The molecule has 0 radical (unpaired) electrons. The van der Waals surface area contributed by atoms with E-state index >= 15 is 0 Å². The van der Waals surface area contributed by atoms with Crippen molar-refractivity contribution in [2.45, 2.75) is 51.9 Å². The lowest BCUT2D eigenvalue weighted by Gasteiger charge is -2.27. The van der Waals surface area contributed by atoms with Gasteiger partial charge in [-0.1, -0.05) is 50.6 Å². The number of methoxy groups -OCH3 is 2. The fraction of sp³-hybridized carbons (Fsp3) is 0.417. The second-order valence-electron chi connectivity index (χ2n) is 7.57. The lowest BCUT2D eigenvalue weighted by Crippen LogP contribution is -2.32. The van der Waals surface area contributed by atoms with Crippen LogP contribution in [0, 0.1) is 0 Å². The molecule has 0 fully saturated rings. The molecule has 8 heteroatoms. The Balaban J connectivity index is 1.90. The van der Waals surface area contributed by atoms with Crippen LogP contribution < -0.4 is 0 Å². The Kier molecular flexibility index (Phi) is 7.71. The van der Waals surface area contributed by atoms with Crippen molar-refractivity contribution in [2.75, 3.05) is 14.2 Å². The van der Waals surface area contributed by atoms with E-state index in [-0.39, 0.29) is 5.69 Å². The van der Waals surface area contributed by atoms with Gasteiger partial charge in [0.15, 0.2) is 5.69 Å². The molecule has 32 heavy (non-hydrogen) atoms. The van der Waals surface area contributed by atoms with E-state index in [1.165, 1.54) is 6.20 Å². The number of carboxylic acid groups (broad SMARTS) is 1. The van der Waals surface area contributed by atoms with Gasteiger partial charge in [-0.05, 0) is 23.6 Å². The number of hydrogen-bond donors (Lipinski definition) is 1. The van der Waals surface area contributed by atoms with E-state index in [0.29, 0.717) is 24.4 Å². The number of ether oxygens (including phenoxy) is 2. The van der Waals surface area contributed by atoms with Crippen molar-refractivity contribution in [3.63, 3.8) is 0 Å². The minimum atomic E-state index is -1.05. The Morgan fingerprint density at radius 1 is 1.09 bits per heavy atom. The maximum atomic E-state index is 11.5. The standard InChI is InChI=1S/C24H30N4O4/c1-5-8-20-26-23(24(31-3,32-4)14-6-2)27-28(20)16-17-10-12-18(13-11-17)19-9-7-15-25-21(19)22(29)30/h7,9-13,15H,5-6,8,14,16H2,1-4H3,(H,29,30). The first kappa shape index (κ1) is 23.6. The van der Waals surface area contributed by atoms with Crippen LogP contribution >= 0.6 is 0 Å². The van der Waals surface area contributed by atoms with Crippen molar-refractivity contribution >= 4 is 5.97 Å². The molecule has 0 bridgehead atoms. The van der Waals surface area contributed by atoms with Gasteiger partial charge in [0.05, 0.1) is 6.54 Å². The first-order valence-corrected chi connectivity index (χ1v) is 10.8. The smallest absolute Gasteiger partial charge is 0.355 e. The van der Waals surface area contributed by atoms with Crippen molar-refractivity contribution < 1.29 is 19.4 Å². The van der Waals surface area contributed by atoms with Crippen LogP contribution in [0.25, 0.3) is 11.1 Å². The van der Waals surface area contributed by atoms with Crippen LogP contribution in [-0.2, 0) is 28.2 Å². The van der Waals surface area contributed by atoms with E-state index in [1.54, 1.807) is 26.4 Å². The second kappa shape index (κ2) is 10.5. The molecule has 0 unspecified atom stereocenters. The molecule has 8 nitrogen and oxygen atoms in total. The molecule has 3 rings (SSSR count). The van der Waals surface area contributed by atoms with Crippen LogP contribution in [0.3, 0.4) is 0 Å². The van der Waals surface area contributed by atoms with Crippen LogP contribution in [0.2, 0.25) is 0 Å². The third-order valence-corrected chi connectivity index (χ3v) is 5.41. The number of aromatic nitrogens is 4. The molecule has 1 aromatic carbocycles. The molecule has 0 atom stereocenters. The molecule has 0 aliphatic heterocycles. The number of aryl methyl sites for hydroxylation is 1. The molecule has 3 aromatic rings. The summed E-state index contributed by atoms with van der Waals surface area (Å²) in [7, 11) is 3.23. The van der Waals surface area contributed by atoms with Gasteiger partial charge >= 0.3 is 5.97 Å². The molecule has 0 amide bonds. The highest BCUT2D eigenvalue weighted by molar-refractivity contribution is 5.93. The fourth-order valence-electron chi connectivity index (χ4n) is 3.75. The summed E-state index contributed by atoms with van der Waals surface area (Å²) < 4.78 is 13.3. The van der Waals surface area contributed by atoms with Crippen LogP contribution in [0.15, 0.2) is 42.6 Å². The molecule has 2 aromatic heterocycles. The van der Waals surface area contributed by atoms with Crippen LogP contribution in [-0.4, -0.2) is 45.0 Å². The van der Waals surface area contributed by atoms with Gasteiger partial charge in [-0.2, -0.15) is 0 Å². The van der Waals surface area contributed by atoms with Gasteiger partial charge in [-0.25, -0.2) is 19.4 Å². The Morgan fingerprint density at radius 3 is 2.41 bits per heavy atom. The summed E-state index contributed by atoms with van der Waals surface area (Å²) in [4.78, 5) is 20.2. The molecular weight excluding hydrogens is 408 g/mol. The normalized spacial score (nSPS) is 11.6. The van der Waals surface area contributed by atoms with Gasteiger partial charge in [0.1, 0.15) is 5.82 Å². The average molecular weight is 439 g/mol. The first-order chi connectivity index (χ1) is 15.5. The summed E-state index contributed by atoms with van der Waals surface area (Å²) >= 11 is 0. The van der Waals surface area contributed by atoms with E-state index in [9.17, 15) is 9.90 Å². The molecule has 170 valence electrons. The lowest BCUT2D eigenvalue weighted by atomic mass is 10.0. The number of nitrogens with zero attached hydrogens (tertiary/aromatic N) is 4. The summed E-state index contributed by atoms with van der Waals surface area (Å²) in [5.41, 5.74) is 2.45. The zero-order valence-electron chi connectivity index (χ0n) is 19.0. The van der Waals surface area contributed by atoms with Crippen molar-refractivity contribution in [3.8, 4) is 11.1 Å². The molecule has 0 saturated carbocycles. The number of carbonyl (C=O) groups is 1. The number of aromatic carboxylic acids is 1. The predicted molar refractivity (Wildman–Crippen MR) is 120 cm³/mol. The quantitative estimate of drug-likeness (QED) is 0.446. The monoisotopic (exact) mass is 438 g/mol. The maximum absolute atomic E-state index is 11.5. The molecule has 1 N–H and O–H groups in total. The SMILES string of the molecule is CCCc1nc(C(CCC)(OC)OC)nn1Cc1ccc(-c2cccnc2C(=O)O)cc1. The van der Waals surface area contributed by atoms with Gasteiger partial charge in [0, 0.05) is 38.8 Å². The lowest BCUT2D eigenvalue weighted by molar-refractivity contribution is -0.225. The summed E-state index contributed by atoms with van der Waals surface area (Å²) in [5, 5.41) is 14.1. The van der Waals surface area contributed by atoms with E-state index in [2.05, 4.69) is 18.8 Å². The van der Waals surface area contributed by atoms with Crippen molar-refractivity contribution in [1.82, 2.24) is 19.7 Å². The molecule has 0 spiro atoms. The van der Waals surface area contributed by atoms with E-state index in [1.807, 2.05) is 28.9 Å². The van der Waals surface area contributed by atoms with E-state index in [4.69, 9.17) is 19.6 Å². The fourth-order valence-corrected chi connectivity index (χ4v) is 3.75. The third-order valence-electron chi connectivity index (χ3n) is 5.41. The van der Waals surface area contributed by atoms with Crippen molar-refractivity contribution in [1.29, 1.82) is 0 Å². The van der Waals surface area contributed by atoms with Crippen LogP contribution in [0.5, 0.6) is 0 Å². The summed E-state index contributed by atoms with van der Waals surface area (Å²) in [6, 6.07) is 11.2. The van der Waals surface area contributed by atoms with E-state index < -0.39 is 11.8 Å². The highest BCUT2D eigenvalue weighted by atomic mass is 16.7. The Hall–Kier alpha value is -3.10. The highest BCUT2D eigenvalue weighted by Crippen LogP contribution is 2.29. The van der Waals surface area contributed by atoms with Crippen molar-refractivity contribution in [2.24, 2.45) is 0 Å². The summed E-state index contributed by atoms with van der Waals surface area (Å²) in [5.74, 6) is -0.594.